The molecule has 0 fully saturated rings. The van der Waals surface area contributed by atoms with Crippen molar-refractivity contribution in [2.45, 2.75) is 25.2 Å². The van der Waals surface area contributed by atoms with Gasteiger partial charge in [0.25, 0.3) is 10.0 Å². The molecule has 0 bridgehead atoms. The third-order valence-electron chi connectivity index (χ3n) is 2.68. The molecule has 1 heterocycles. The maximum Gasteiger partial charge on any atom is 0.287 e. The molecule has 0 unspecified atom stereocenters. The second kappa shape index (κ2) is 6.28. The number of allylic oxidation sites excluding steroid dienone is 2. The maximum absolute atomic E-state index is 12.7. The first-order valence-electron chi connectivity index (χ1n) is 6.33. The van der Waals surface area contributed by atoms with E-state index >= 15 is 0 Å². The Hall–Kier alpha value is -1.53. The predicted octanol–water partition coefficient (Wildman–Crippen LogP) is 3.34. The second-order valence-corrected chi connectivity index (χ2v) is 8.08. The Morgan fingerprint density at radius 3 is 2.35 bits per heavy atom. The lowest BCUT2D eigenvalue weighted by Crippen LogP contribution is -2.22. The van der Waals surface area contributed by atoms with E-state index in [0.29, 0.717) is 6.42 Å². The van der Waals surface area contributed by atoms with Crippen molar-refractivity contribution in [2.24, 2.45) is 5.10 Å². The van der Waals surface area contributed by atoms with Crippen LogP contribution < -0.4 is 0 Å². The molecule has 1 aromatic carbocycles. The molecule has 0 spiro atoms. The monoisotopic (exact) mass is 310 g/mol. The third kappa shape index (κ3) is 3.13. The highest BCUT2D eigenvalue weighted by Crippen LogP contribution is 2.41. The molecule has 0 atom stereocenters. The van der Waals surface area contributed by atoms with Gasteiger partial charge in [0.2, 0.25) is 0 Å². The summed E-state index contributed by atoms with van der Waals surface area (Å²) in [6, 6.07) is 6.83. The number of aryl methyl sites for hydroxylation is 1. The molecule has 20 heavy (non-hydrogen) atoms. The SMILES string of the molecule is CCC=NN([SH]1C=CC=C1)S(=O)(=O)c1ccc(C)cc1. The van der Waals surface area contributed by atoms with Gasteiger partial charge in [-0.1, -0.05) is 36.8 Å². The smallest absolute Gasteiger partial charge is 0.199 e. The summed E-state index contributed by atoms with van der Waals surface area (Å²) in [5.41, 5.74) is 1.03. The number of sulfonamides is 1. The number of hydrogen-bond acceptors (Lipinski definition) is 3. The molecule has 4 nitrogen and oxygen atoms in total. The van der Waals surface area contributed by atoms with E-state index in [9.17, 15) is 8.42 Å². The van der Waals surface area contributed by atoms with Crippen LogP contribution in [0.2, 0.25) is 0 Å². The molecule has 0 radical (unpaired) electrons. The van der Waals surface area contributed by atoms with Gasteiger partial charge in [-0.3, -0.25) is 0 Å². The fourth-order valence-electron chi connectivity index (χ4n) is 1.64. The molecule has 1 aromatic rings. The number of rotatable bonds is 5. The highest BCUT2D eigenvalue weighted by Gasteiger charge is 2.26. The zero-order valence-corrected chi connectivity index (χ0v) is 13.2. The zero-order valence-electron chi connectivity index (χ0n) is 11.5. The number of hydrazone groups is 1. The topological polar surface area (TPSA) is 49.7 Å². The first-order valence-corrected chi connectivity index (χ1v) is 9.20. The number of benzene rings is 1. The van der Waals surface area contributed by atoms with Crippen molar-refractivity contribution in [3.63, 3.8) is 0 Å². The normalized spacial score (nSPS) is 16.2. The average molecular weight is 310 g/mol. The van der Waals surface area contributed by atoms with E-state index in [2.05, 4.69) is 5.10 Å². The molecule has 0 saturated carbocycles. The molecule has 6 heteroatoms. The lowest BCUT2D eigenvalue weighted by atomic mass is 10.2. The van der Waals surface area contributed by atoms with Gasteiger partial charge in [0.1, 0.15) is 0 Å². The van der Waals surface area contributed by atoms with Crippen LogP contribution in [0, 0.1) is 6.92 Å². The van der Waals surface area contributed by atoms with E-state index in [0.717, 1.165) is 5.56 Å². The van der Waals surface area contributed by atoms with E-state index in [1.54, 1.807) is 30.5 Å². The standard InChI is InChI=1S/C14H18N2O2S2/c1-3-10-15-16(19-11-4-5-12-19)20(17,18)14-8-6-13(2)7-9-14/h4-12,19H,3H2,1-2H3. The molecule has 0 amide bonds. The summed E-state index contributed by atoms with van der Waals surface area (Å²) in [5.74, 6) is 0. The Balaban J connectivity index is 2.40. The van der Waals surface area contributed by atoms with E-state index in [1.807, 2.05) is 36.8 Å². The molecular formula is C14H18N2O2S2. The minimum Gasteiger partial charge on any atom is -0.199 e. The van der Waals surface area contributed by atoms with E-state index in [1.165, 1.54) is 3.82 Å². The van der Waals surface area contributed by atoms with Crippen molar-refractivity contribution in [1.82, 2.24) is 3.82 Å². The van der Waals surface area contributed by atoms with E-state index in [4.69, 9.17) is 0 Å². The van der Waals surface area contributed by atoms with E-state index < -0.39 is 21.1 Å². The predicted molar refractivity (Wildman–Crippen MR) is 86.3 cm³/mol. The van der Waals surface area contributed by atoms with Crippen LogP contribution >= 0.6 is 11.1 Å². The van der Waals surface area contributed by atoms with Gasteiger partial charge in [-0.05, 0) is 36.3 Å². The van der Waals surface area contributed by atoms with Gasteiger partial charge in [-0.25, -0.2) is 0 Å². The van der Waals surface area contributed by atoms with Crippen LogP contribution in [0.1, 0.15) is 18.9 Å². The summed E-state index contributed by atoms with van der Waals surface area (Å²) in [6.45, 7) is 3.85. The van der Waals surface area contributed by atoms with Crippen LogP contribution in [-0.4, -0.2) is 18.5 Å². The van der Waals surface area contributed by atoms with Gasteiger partial charge in [0.15, 0.2) is 0 Å². The second-order valence-electron chi connectivity index (χ2n) is 4.31. The average Bonchev–Trinajstić information content (AvgIpc) is 2.93. The summed E-state index contributed by atoms with van der Waals surface area (Å²) >= 11 is -1.05. The van der Waals surface area contributed by atoms with E-state index in [-0.39, 0.29) is 4.90 Å². The number of hydrogen-bond donors (Lipinski definition) is 1. The van der Waals surface area contributed by atoms with Gasteiger partial charge in [0, 0.05) is 6.21 Å². The van der Waals surface area contributed by atoms with Crippen LogP contribution in [0.15, 0.2) is 57.2 Å². The van der Waals surface area contributed by atoms with Crippen molar-refractivity contribution in [3.05, 3.63) is 52.8 Å². The van der Waals surface area contributed by atoms with Gasteiger partial charge in [0.05, 0.1) is 4.90 Å². The van der Waals surface area contributed by atoms with Crippen molar-refractivity contribution in [2.75, 3.05) is 0 Å². The lowest BCUT2D eigenvalue weighted by molar-refractivity contribution is 0.551. The van der Waals surface area contributed by atoms with Crippen molar-refractivity contribution < 1.29 is 8.42 Å². The summed E-state index contributed by atoms with van der Waals surface area (Å²) in [4.78, 5) is 0.271. The van der Waals surface area contributed by atoms with Crippen molar-refractivity contribution in [3.8, 4) is 0 Å². The fraction of sp³-hybridized carbons (Fsp3) is 0.214. The Bertz CT molecular complexity index is 634. The molecule has 1 aliphatic rings. The Labute approximate surface area is 123 Å². The first kappa shape index (κ1) is 14.9. The molecule has 0 aromatic heterocycles. The van der Waals surface area contributed by atoms with Crippen molar-refractivity contribution in [1.29, 1.82) is 0 Å². The third-order valence-corrected chi connectivity index (χ3v) is 6.74. The highest BCUT2D eigenvalue weighted by molar-refractivity contribution is 8.25. The molecule has 0 saturated heterocycles. The number of thiol groups is 1. The molecule has 0 aliphatic carbocycles. The fourth-order valence-corrected chi connectivity index (χ4v) is 5.17. The minimum absolute atomic E-state index is 0.271. The summed E-state index contributed by atoms with van der Waals surface area (Å²) in [5, 5.41) is 7.88. The van der Waals surface area contributed by atoms with Crippen LogP contribution in [0.3, 0.4) is 0 Å². The minimum atomic E-state index is -3.61. The number of nitrogens with zero attached hydrogens (tertiary/aromatic N) is 2. The summed E-state index contributed by atoms with van der Waals surface area (Å²) in [6.07, 6.45) is 6.01. The lowest BCUT2D eigenvalue weighted by Gasteiger charge is -2.25. The maximum atomic E-state index is 12.7. The summed E-state index contributed by atoms with van der Waals surface area (Å²) in [7, 11) is -3.61. The van der Waals surface area contributed by atoms with Crippen LogP contribution in [0.25, 0.3) is 0 Å². The van der Waals surface area contributed by atoms with Gasteiger partial charge < -0.3 is 0 Å². The Kier molecular flexibility index (Phi) is 4.67. The van der Waals surface area contributed by atoms with Crippen molar-refractivity contribution >= 4 is 27.3 Å². The Morgan fingerprint density at radius 1 is 1.20 bits per heavy atom. The molecule has 108 valence electrons. The van der Waals surface area contributed by atoms with Gasteiger partial charge >= 0.3 is 0 Å². The Morgan fingerprint density at radius 2 is 1.80 bits per heavy atom. The van der Waals surface area contributed by atoms with Gasteiger partial charge in [-0.15, -0.1) is 14.9 Å². The van der Waals surface area contributed by atoms with Gasteiger partial charge in [-0.2, -0.15) is 13.5 Å². The molecule has 1 aliphatic heterocycles. The summed E-state index contributed by atoms with van der Waals surface area (Å²) < 4.78 is 26.6. The highest BCUT2D eigenvalue weighted by atomic mass is 32.3. The van der Waals surface area contributed by atoms with Crippen LogP contribution in [0.5, 0.6) is 0 Å². The molecular weight excluding hydrogens is 292 g/mol. The quantitative estimate of drug-likeness (QED) is 0.515. The molecule has 0 N–H and O–H groups in total. The zero-order chi connectivity index (χ0) is 14.6. The largest absolute Gasteiger partial charge is 0.287 e. The van der Waals surface area contributed by atoms with Crippen LogP contribution in [-0.2, 0) is 10.0 Å². The molecule has 2 rings (SSSR count). The first-order chi connectivity index (χ1) is 9.55. The van der Waals surface area contributed by atoms with Crippen LogP contribution in [0.4, 0.5) is 0 Å².